The summed E-state index contributed by atoms with van der Waals surface area (Å²) in [5, 5.41) is 8.83. The highest BCUT2D eigenvalue weighted by atomic mass is 16.2. The molecule has 0 spiro atoms. The van der Waals surface area contributed by atoms with E-state index in [2.05, 4.69) is 75.4 Å². The Morgan fingerprint density at radius 2 is 1.82 bits per heavy atom. The van der Waals surface area contributed by atoms with Crippen molar-refractivity contribution in [1.82, 2.24) is 0 Å². The molecule has 0 radical (unpaired) electrons. The predicted octanol–water partition coefficient (Wildman–Crippen LogP) is 5.48. The number of allylic oxidation sites excluding steroid dienone is 5. The molecule has 1 heteroatoms. The molecule has 0 saturated carbocycles. The van der Waals surface area contributed by atoms with Gasteiger partial charge in [-0.2, -0.15) is 0 Å². The Labute approximate surface area is 136 Å². The zero-order valence-electron chi connectivity index (χ0n) is 14.3. The number of aliphatic hydroxyl groups is 1. The SMILES string of the molecule is C/C(=C/[C@H](C)/C=C\CCc1ccccc1)C/C(C)=C/CCO. The lowest BCUT2D eigenvalue weighted by Gasteiger charge is -2.05. The molecule has 1 aromatic carbocycles. The Kier molecular flexibility index (Phi) is 9.25. The van der Waals surface area contributed by atoms with Crippen LogP contribution in [0.15, 0.2) is 65.8 Å². The van der Waals surface area contributed by atoms with Gasteiger partial charge in [-0.15, -0.1) is 0 Å². The molecule has 1 rings (SSSR count). The second kappa shape index (κ2) is 11.0. The van der Waals surface area contributed by atoms with Crippen LogP contribution in [0, 0.1) is 5.92 Å². The maximum absolute atomic E-state index is 8.83. The van der Waals surface area contributed by atoms with E-state index < -0.39 is 0 Å². The Morgan fingerprint density at radius 1 is 1.09 bits per heavy atom. The van der Waals surface area contributed by atoms with Gasteiger partial charge in [-0.1, -0.05) is 72.7 Å². The molecule has 1 aromatic rings. The lowest BCUT2D eigenvalue weighted by Crippen LogP contribution is -1.89. The summed E-state index contributed by atoms with van der Waals surface area (Å²) in [6.45, 7) is 6.79. The third kappa shape index (κ3) is 8.63. The molecule has 0 fully saturated rings. The van der Waals surface area contributed by atoms with Crippen LogP contribution in [0.2, 0.25) is 0 Å². The Balaban J connectivity index is 2.35. The molecular weight excluding hydrogens is 268 g/mol. The second-order valence-electron chi connectivity index (χ2n) is 6.06. The Hall–Kier alpha value is -1.60. The maximum atomic E-state index is 8.83. The van der Waals surface area contributed by atoms with Gasteiger partial charge in [-0.25, -0.2) is 0 Å². The van der Waals surface area contributed by atoms with E-state index in [9.17, 15) is 0 Å². The number of benzene rings is 1. The van der Waals surface area contributed by atoms with E-state index in [1.807, 2.05) is 0 Å². The summed E-state index contributed by atoms with van der Waals surface area (Å²) >= 11 is 0. The molecule has 0 aliphatic carbocycles. The van der Waals surface area contributed by atoms with E-state index in [0.29, 0.717) is 5.92 Å². The highest BCUT2D eigenvalue weighted by Gasteiger charge is 1.97. The van der Waals surface area contributed by atoms with Crippen LogP contribution in [0.4, 0.5) is 0 Å². The van der Waals surface area contributed by atoms with Gasteiger partial charge in [0.05, 0.1) is 0 Å². The fourth-order valence-electron chi connectivity index (χ4n) is 2.59. The Morgan fingerprint density at radius 3 is 2.50 bits per heavy atom. The molecule has 0 saturated heterocycles. The van der Waals surface area contributed by atoms with Crippen molar-refractivity contribution < 1.29 is 5.11 Å². The van der Waals surface area contributed by atoms with E-state index in [4.69, 9.17) is 5.11 Å². The van der Waals surface area contributed by atoms with Crippen LogP contribution in [0.5, 0.6) is 0 Å². The first kappa shape index (κ1) is 18.4. The predicted molar refractivity (Wildman–Crippen MR) is 96.9 cm³/mol. The van der Waals surface area contributed by atoms with Crippen molar-refractivity contribution in [1.29, 1.82) is 0 Å². The normalized spacial score (nSPS) is 14.5. The van der Waals surface area contributed by atoms with Gasteiger partial charge < -0.3 is 5.11 Å². The van der Waals surface area contributed by atoms with Crippen LogP contribution >= 0.6 is 0 Å². The molecule has 120 valence electrons. The lowest BCUT2D eigenvalue weighted by molar-refractivity contribution is 0.302. The van der Waals surface area contributed by atoms with Crippen LogP contribution < -0.4 is 0 Å². The molecular formula is C21H30O. The fraction of sp³-hybridized carbons (Fsp3) is 0.429. The van der Waals surface area contributed by atoms with E-state index in [1.54, 1.807) is 0 Å². The third-order valence-corrected chi connectivity index (χ3v) is 3.61. The van der Waals surface area contributed by atoms with Crippen LogP contribution in [0.1, 0.15) is 45.6 Å². The number of hydrogen-bond acceptors (Lipinski definition) is 1. The zero-order valence-corrected chi connectivity index (χ0v) is 14.3. The molecule has 0 unspecified atom stereocenters. The van der Waals surface area contributed by atoms with Crippen molar-refractivity contribution >= 4 is 0 Å². The minimum absolute atomic E-state index is 0.237. The molecule has 22 heavy (non-hydrogen) atoms. The minimum Gasteiger partial charge on any atom is -0.396 e. The van der Waals surface area contributed by atoms with E-state index in [0.717, 1.165) is 25.7 Å². The van der Waals surface area contributed by atoms with Crippen molar-refractivity contribution in [3.05, 3.63) is 71.3 Å². The van der Waals surface area contributed by atoms with Gasteiger partial charge in [0.15, 0.2) is 0 Å². The monoisotopic (exact) mass is 298 g/mol. The molecule has 0 aliphatic rings. The number of rotatable bonds is 9. The second-order valence-corrected chi connectivity index (χ2v) is 6.06. The number of aliphatic hydroxyl groups excluding tert-OH is 1. The van der Waals surface area contributed by atoms with Crippen molar-refractivity contribution in [2.45, 2.75) is 46.5 Å². The standard InChI is InChI=1S/C21H30O/c1-18(16-20(3)17-19(2)11-9-15-22)10-7-8-14-21-12-5-4-6-13-21/h4-7,10-13,16,18,22H,8-9,14-15,17H2,1-3H3/b10-7-,19-11+,20-16-/t18-/m1/s1. The molecule has 0 heterocycles. The Bertz CT molecular complexity index is 494. The van der Waals surface area contributed by atoms with Crippen molar-refractivity contribution in [2.24, 2.45) is 5.92 Å². The fourth-order valence-corrected chi connectivity index (χ4v) is 2.59. The molecule has 1 N–H and O–H groups in total. The van der Waals surface area contributed by atoms with Gasteiger partial charge in [-0.05, 0) is 51.0 Å². The quantitative estimate of drug-likeness (QED) is 0.599. The van der Waals surface area contributed by atoms with Gasteiger partial charge in [-0.3, -0.25) is 0 Å². The zero-order chi connectivity index (χ0) is 16.2. The van der Waals surface area contributed by atoms with Crippen molar-refractivity contribution in [3.63, 3.8) is 0 Å². The average Bonchev–Trinajstić information content (AvgIpc) is 2.50. The summed E-state index contributed by atoms with van der Waals surface area (Å²) < 4.78 is 0. The van der Waals surface area contributed by atoms with Gasteiger partial charge in [0.2, 0.25) is 0 Å². The van der Waals surface area contributed by atoms with Crippen LogP contribution in [0.25, 0.3) is 0 Å². The molecule has 0 aliphatic heterocycles. The molecule has 1 atom stereocenters. The minimum atomic E-state index is 0.237. The average molecular weight is 298 g/mol. The van der Waals surface area contributed by atoms with Gasteiger partial charge in [0, 0.05) is 6.61 Å². The molecule has 0 aromatic heterocycles. The third-order valence-electron chi connectivity index (χ3n) is 3.61. The summed E-state index contributed by atoms with van der Waals surface area (Å²) in [6, 6.07) is 10.6. The smallest absolute Gasteiger partial charge is 0.0465 e. The van der Waals surface area contributed by atoms with Gasteiger partial charge >= 0.3 is 0 Å². The molecule has 0 amide bonds. The van der Waals surface area contributed by atoms with Gasteiger partial charge in [0.1, 0.15) is 0 Å². The maximum Gasteiger partial charge on any atom is 0.0465 e. The van der Waals surface area contributed by atoms with Crippen LogP contribution in [-0.2, 0) is 6.42 Å². The number of hydrogen-bond donors (Lipinski definition) is 1. The number of aryl methyl sites for hydroxylation is 1. The topological polar surface area (TPSA) is 20.2 Å². The molecule has 1 nitrogen and oxygen atoms in total. The first-order valence-corrected chi connectivity index (χ1v) is 8.26. The molecule has 0 bridgehead atoms. The highest BCUT2D eigenvalue weighted by Crippen LogP contribution is 2.14. The van der Waals surface area contributed by atoms with E-state index in [1.165, 1.54) is 16.7 Å². The van der Waals surface area contributed by atoms with E-state index in [-0.39, 0.29) is 6.61 Å². The van der Waals surface area contributed by atoms with Crippen LogP contribution in [0.3, 0.4) is 0 Å². The summed E-state index contributed by atoms with van der Waals surface area (Å²) in [7, 11) is 0. The first-order valence-electron chi connectivity index (χ1n) is 8.26. The van der Waals surface area contributed by atoms with Crippen molar-refractivity contribution in [2.75, 3.05) is 6.61 Å². The summed E-state index contributed by atoms with van der Waals surface area (Å²) in [4.78, 5) is 0. The van der Waals surface area contributed by atoms with Gasteiger partial charge in [0.25, 0.3) is 0 Å². The first-order chi connectivity index (χ1) is 10.6. The lowest BCUT2D eigenvalue weighted by atomic mass is 10.0. The van der Waals surface area contributed by atoms with E-state index >= 15 is 0 Å². The highest BCUT2D eigenvalue weighted by molar-refractivity contribution is 5.16. The summed E-state index contributed by atoms with van der Waals surface area (Å²) in [5.74, 6) is 0.474. The summed E-state index contributed by atoms with van der Waals surface area (Å²) in [6.07, 6.45) is 13.0. The van der Waals surface area contributed by atoms with Crippen LogP contribution in [-0.4, -0.2) is 11.7 Å². The largest absolute Gasteiger partial charge is 0.396 e. The summed E-state index contributed by atoms with van der Waals surface area (Å²) in [5.41, 5.74) is 4.13. The van der Waals surface area contributed by atoms with Crippen molar-refractivity contribution in [3.8, 4) is 0 Å².